The molecule has 4 rings (SSSR count). The third-order valence-electron chi connectivity index (χ3n) is 4.23. The molecule has 0 saturated carbocycles. The van der Waals surface area contributed by atoms with Crippen LogP contribution in [0.3, 0.4) is 0 Å². The van der Waals surface area contributed by atoms with E-state index in [1.165, 1.54) is 22.7 Å². The molecule has 0 bridgehead atoms. The number of thiophene rings is 1. The summed E-state index contributed by atoms with van der Waals surface area (Å²) in [7, 11) is 0. The summed E-state index contributed by atoms with van der Waals surface area (Å²) in [5.74, 6) is -0.113. The number of nitrogens with one attached hydrogen (secondary N) is 1. The Kier molecular flexibility index (Phi) is 4.52. The molecule has 1 aliphatic rings. The Balaban J connectivity index is 1.45. The van der Waals surface area contributed by atoms with Crippen molar-refractivity contribution in [2.45, 2.75) is 19.3 Å². The van der Waals surface area contributed by atoms with Gasteiger partial charge in [0.05, 0.1) is 4.88 Å². The maximum atomic E-state index is 12.4. The molecule has 0 aliphatic carbocycles. The van der Waals surface area contributed by atoms with Crippen molar-refractivity contribution in [3.63, 3.8) is 0 Å². The van der Waals surface area contributed by atoms with Gasteiger partial charge >= 0.3 is 0 Å². The number of benzene rings is 1. The maximum absolute atomic E-state index is 12.4. The number of carbonyl (C=O) groups excluding carboxylic acids is 2. The molecule has 1 saturated heterocycles. The Morgan fingerprint density at radius 1 is 1.23 bits per heavy atom. The Labute approximate surface area is 158 Å². The third-order valence-corrected chi connectivity index (χ3v) is 6.10. The van der Waals surface area contributed by atoms with Crippen molar-refractivity contribution in [1.29, 1.82) is 0 Å². The number of anilines is 2. The van der Waals surface area contributed by atoms with Gasteiger partial charge in [0.15, 0.2) is 0 Å². The van der Waals surface area contributed by atoms with E-state index < -0.39 is 0 Å². The van der Waals surface area contributed by atoms with Crippen molar-refractivity contribution in [2.24, 2.45) is 0 Å². The second kappa shape index (κ2) is 6.97. The quantitative estimate of drug-likeness (QED) is 0.744. The minimum absolute atomic E-state index is 0.00584. The van der Waals surface area contributed by atoms with Crippen molar-refractivity contribution in [2.75, 3.05) is 16.8 Å². The van der Waals surface area contributed by atoms with Crippen LogP contribution in [0, 0.1) is 6.92 Å². The Hall–Kier alpha value is -2.58. The molecule has 26 heavy (non-hydrogen) atoms. The topological polar surface area (TPSA) is 75.2 Å². The van der Waals surface area contributed by atoms with Gasteiger partial charge in [0, 0.05) is 24.6 Å². The number of hydrogen-bond acceptors (Lipinski definition) is 6. The monoisotopic (exact) mass is 384 g/mol. The Bertz CT molecular complexity index is 935. The highest BCUT2D eigenvalue weighted by atomic mass is 32.1. The van der Waals surface area contributed by atoms with Crippen LogP contribution in [0.2, 0.25) is 0 Å². The van der Waals surface area contributed by atoms with Crippen molar-refractivity contribution >= 4 is 45.3 Å². The van der Waals surface area contributed by atoms with Crippen LogP contribution in [0.5, 0.6) is 0 Å². The zero-order valence-electron chi connectivity index (χ0n) is 14.0. The van der Waals surface area contributed by atoms with Gasteiger partial charge in [0.2, 0.25) is 11.0 Å². The molecule has 1 N–H and O–H groups in total. The van der Waals surface area contributed by atoms with Gasteiger partial charge in [0.25, 0.3) is 5.91 Å². The van der Waals surface area contributed by atoms with E-state index in [1.54, 1.807) is 11.0 Å². The Morgan fingerprint density at radius 2 is 2.04 bits per heavy atom. The first-order valence-corrected chi connectivity index (χ1v) is 9.85. The van der Waals surface area contributed by atoms with Crippen LogP contribution in [-0.2, 0) is 4.79 Å². The number of rotatable bonds is 4. The Morgan fingerprint density at radius 3 is 2.77 bits per heavy atom. The van der Waals surface area contributed by atoms with E-state index in [0.717, 1.165) is 16.3 Å². The zero-order valence-corrected chi connectivity index (χ0v) is 15.6. The fraction of sp³-hybridized carbons (Fsp3) is 0.222. The van der Waals surface area contributed by atoms with Crippen LogP contribution < -0.4 is 10.2 Å². The highest BCUT2D eigenvalue weighted by Crippen LogP contribution is 2.34. The van der Waals surface area contributed by atoms with Gasteiger partial charge in [-0.15, -0.1) is 21.5 Å². The second-order valence-corrected chi connectivity index (χ2v) is 8.07. The summed E-state index contributed by atoms with van der Waals surface area (Å²) in [4.78, 5) is 26.9. The lowest BCUT2D eigenvalue weighted by Gasteiger charge is -2.16. The molecule has 2 aromatic heterocycles. The first-order valence-electron chi connectivity index (χ1n) is 8.15. The van der Waals surface area contributed by atoms with Crippen LogP contribution in [0.4, 0.5) is 10.8 Å². The number of hydrogen-bond donors (Lipinski definition) is 1. The lowest BCUT2D eigenvalue weighted by atomic mass is 10.1. The predicted octanol–water partition coefficient (Wildman–Crippen LogP) is 3.68. The minimum Gasteiger partial charge on any atom is -0.312 e. The van der Waals surface area contributed by atoms with Crippen molar-refractivity contribution in [3.8, 4) is 0 Å². The van der Waals surface area contributed by atoms with E-state index in [1.807, 2.05) is 42.6 Å². The average molecular weight is 384 g/mol. The molecule has 0 spiro atoms. The smallest absolute Gasteiger partial charge is 0.267 e. The summed E-state index contributed by atoms with van der Waals surface area (Å²) >= 11 is 2.70. The van der Waals surface area contributed by atoms with E-state index in [2.05, 4.69) is 15.5 Å². The normalized spacial score (nSPS) is 16.9. The molecule has 1 aromatic carbocycles. The first-order chi connectivity index (χ1) is 12.6. The fourth-order valence-electron chi connectivity index (χ4n) is 2.86. The van der Waals surface area contributed by atoms with E-state index in [-0.39, 0.29) is 17.7 Å². The van der Waals surface area contributed by atoms with Crippen LogP contribution in [0.1, 0.15) is 32.6 Å². The van der Waals surface area contributed by atoms with Gasteiger partial charge < -0.3 is 4.90 Å². The van der Waals surface area contributed by atoms with Crippen LogP contribution in [0.15, 0.2) is 41.8 Å². The van der Waals surface area contributed by atoms with Crippen molar-refractivity contribution in [1.82, 2.24) is 10.2 Å². The van der Waals surface area contributed by atoms with Gasteiger partial charge in [-0.1, -0.05) is 35.1 Å². The summed E-state index contributed by atoms with van der Waals surface area (Å²) in [6.45, 7) is 2.60. The average Bonchev–Trinajstić information content (AvgIpc) is 3.36. The molecule has 1 fully saturated rings. The molecule has 6 nitrogen and oxygen atoms in total. The molecule has 132 valence electrons. The second-order valence-electron chi connectivity index (χ2n) is 6.12. The van der Waals surface area contributed by atoms with Gasteiger partial charge in [-0.25, -0.2) is 0 Å². The molecule has 1 unspecified atom stereocenters. The van der Waals surface area contributed by atoms with Crippen molar-refractivity contribution in [3.05, 3.63) is 57.2 Å². The minimum atomic E-state index is -0.188. The van der Waals surface area contributed by atoms with E-state index >= 15 is 0 Å². The van der Waals surface area contributed by atoms with Gasteiger partial charge in [0.1, 0.15) is 5.01 Å². The largest absolute Gasteiger partial charge is 0.312 e. The molecule has 8 heteroatoms. The zero-order chi connectivity index (χ0) is 18.1. The van der Waals surface area contributed by atoms with Crippen molar-refractivity contribution < 1.29 is 9.59 Å². The molecule has 1 aliphatic heterocycles. The van der Waals surface area contributed by atoms with Gasteiger partial charge in [-0.05, 0) is 30.5 Å². The van der Waals surface area contributed by atoms with Crippen LogP contribution in [0.25, 0.3) is 0 Å². The summed E-state index contributed by atoms with van der Waals surface area (Å²) in [5, 5.41) is 14.1. The highest BCUT2D eigenvalue weighted by Gasteiger charge is 2.34. The third kappa shape index (κ3) is 3.38. The molecular weight excluding hydrogens is 368 g/mol. The summed E-state index contributed by atoms with van der Waals surface area (Å²) in [6.07, 6.45) is 0.404. The lowest BCUT2D eigenvalue weighted by Crippen LogP contribution is -2.24. The lowest BCUT2D eigenvalue weighted by molar-refractivity contribution is -0.117. The SMILES string of the molecule is Cc1ccc(N2CC(c3nnc(NC(=O)c4cccs4)s3)CC2=O)cc1. The number of nitrogens with zero attached hydrogens (tertiary/aromatic N) is 3. The van der Waals surface area contributed by atoms with E-state index in [9.17, 15) is 9.59 Å². The molecule has 1 atom stereocenters. The summed E-state index contributed by atoms with van der Waals surface area (Å²) in [6, 6.07) is 11.5. The van der Waals surface area contributed by atoms with Gasteiger partial charge in [-0.3, -0.25) is 14.9 Å². The standard InChI is InChI=1S/C18H16N4O2S2/c1-11-4-6-13(7-5-11)22-10-12(9-15(22)23)17-20-21-18(26-17)19-16(24)14-3-2-8-25-14/h2-8,12H,9-10H2,1H3,(H,19,21,24). The molecule has 0 radical (unpaired) electrons. The maximum Gasteiger partial charge on any atom is 0.267 e. The summed E-state index contributed by atoms with van der Waals surface area (Å²) < 4.78 is 0. The van der Waals surface area contributed by atoms with Gasteiger partial charge in [-0.2, -0.15) is 0 Å². The molecule has 3 aromatic rings. The number of aryl methyl sites for hydroxylation is 1. The molecular formula is C18H16N4O2S2. The predicted molar refractivity (Wildman–Crippen MR) is 103 cm³/mol. The molecule has 2 amide bonds. The van der Waals surface area contributed by atoms with E-state index in [0.29, 0.717) is 23.0 Å². The van der Waals surface area contributed by atoms with Crippen LogP contribution in [-0.4, -0.2) is 28.6 Å². The number of carbonyl (C=O) groups is 2. The number of amides is 2. The van der Waals surface area contributed by atoms with E-state index in [4.69, 9.17) is 0 Å². The number of aromatic nitrogens is 2. The summed E-state index contributed by atoms with van der Waals surface area (Å²) in [5.41, 5.74) is 2.06. The van der Waals surface area contributed by atoms with Crippen LogP contribution >= 0.6 is 22.7 Å². The first kappa shape index (κ1) is 16.9. The molecule has 3 heterocycles. The highest BCUT2D eigenvalue weighted by molar-refractivity contribution is 7.15. The fourth-order valence-corrected chi connectivity index (χ4v) is 4.31.